The normalized spacial score (nSPS) is 12.4. The van der Waals surface area contributed by atoms with Gasteiger partial charge in [0.1, 0.15) is 0 Å². The fourth-order valence-corrected chi connectivity index (χ4v) is 2.18. The van der Waals surface area contributed by atoms with Gasteiger partial charge in [0.05, 0.1) is 13.2 Å². The van der Waals surface area contributed by atoms with E-state index in [0.29, 0.717) is 5.88 Å². The minimum Gasteiger partial charge on any atom is -0.481 e. The highest BCUT2D eigenvalue weighted by atomic mass is 32.1. The predicted octanol–water partition coefficient (Wildman–Crippen LogP) is 2.20. The van der Waals surface area contributed by atoms with Crippen LogP contribution in [0.15, 0.2) is 35.8 Å². The second-order valence-electron chi connectivity index (χ2n) is 3.09. The molecule has 15 heavy (non-hydrogen) atoms. The van der Waals surface area contributed by atoms with Gasteiger partial charge in [0.2, 0.25) is 5.88 Å². The van der Waals surface area contributed by atoms with Gasteiger partial charge in [0.25, 0.3) is 0 Å². The smallest absolute Gasteiger partial charge is 0.218 e. The van der Waals surface area contributed by atoms with E-state index in [-0.39, 0.29) is 6.04 Å². The van der Waals surface area contributed by atoms with Crippen LogP contribution in [0.2, 0.25) is 0 Å². The molecular weight excluding hydrogens is 208 g/mol. The van der Waals surface area contributed by atoms with Crippen LogP contribution in [0.3, 0.4) is 0 Å². The average Bonchev–Trinajstić information content (AvgIpc) is 2.81. The number of pyridine rings is 1. The topological polar surface area (TPSA) is 48.1 Å². The van der Waals surface area contributed by atoms with Gasteiger partial charge in [-0.15, -0.1) is 11.3 Å². The molecule has 0 aromatic carbocycles. The van der Waals surface area contributed by atoms with Crippen molar-refractivity contribution in [2.45, 2.75) is 6.04 Å². The molecular formula is C11H12N2OS. The molecule has 4 heteroatoms. The van der Waals surface area contributed by atoms with E-state index in [0.717, 1.165) is 10.4 Å². The van der Waals surface area contributed by atoms with Crippen molar-refractivity contribution < 1.29 is 4.74 Å². The van der Waals surface area contributed by atoms with Crippen LogP contribution in [0.4, 0.5) is 0 Å². The van der Waals surface area contributed by atoms with Crippen LogP contribution in [0.25, 0.3) is 0 Å². The first-order valence-electron chi connectivity index (χ1n) is 4.61. The van der Waals surface area contributed by atoms with E-state index >= 15 is 0 Å². The Kier molecular flexibility index (Phi) is 2.99. The number of nitrogens with zero attached hydrogens (tertiary/aromatic N) is 1. The van der Waals surface area contributed by atoms with E-state index in [1.54, 1.807) is 24.6 Å². The van der Waals surface area contributed by atoms with E-state index < -0.39 is 0 Å². The van der Waals surface area contributed by atoms with Crippen molar-refractivity contribution in [3.8, 4) is 5.88 Å². The van der Waals surface area contributed by atoms with Crippen LogP contribution in [0.1, 0.15) is 16.5 Å². The average molecular weight is 220 g/mol. The molecule has 2 aromatic rings. The molecule has 0 spiro atoms. The molecule has 2 rings (SSSR count). The van der Waals surface area contributed by atoms with Crippen molar-refractivity contribution in [1.29, 1.82) is 0 Å². The molecule has 0 aliphatic carbocycles. The third kappa shape index (κ3) is 2.00. The molecule has 1 atom stereocenters. The predicted molar refractivity (Wildman–Crippen MR) is 61.1 cm³/mol. The lowest BCUT2D eigenvalue weighted by atomic mass is 10.1. The molecule has 3 nitrogen and oxygen atoms in total. The number of hydrogen-bond acceptors (Lipinski definition) is 4. The lowest BCUT2D eigenvalue weighted by Crippen LogP contribution is -2.12. The highest BCUT2D eigenvalue weighted by Gasteiger charge is 2.14. The molecule has 0 radical (unpaired) electrons. The number of ether oxygens (including phenoxy) is 1. The monoisotopic (exact) mass is 220 g/mol. The summed E-state index contributed by atoms with van der Waals surface area (Å²) in [4.78, 5) is 5.24. The second kappa shape index (κ2) is 4.42. The molecule has 0 saturated heterocycles. The van der Waals surface area contributed by atoms with Crippen molar-refractivity contribution in [1.82, 2.24) is 4.98 Å². The molecule has 0 bridgehead atoms. The maximum absolute atomic E-state index is 6.13. The highest BCUT2D eigenvalue weighted by Crippen LogP contribution is 2.28. The molecule has 0 fully saturated rings. The SMILES string of the molecule is COc1ncccc1C(N)c1cccs1. The Morgan fingerprint density at radius 2 is 2.27 bits per heavy atom. The number of aromatic nitrogens is 1. The van der Waals surface area contributed by atoms with Crippen LogP contribution in [0.5, 0.6) is 5.88 Å². The van der Waals surface area contributed by atoms with Crippen LogP contribution in [0, 0.1) is 0 Å². The van der Waals surface area contributed by atoms with Crippen LogP contribution < -0.4 is 10.5 Å². The van der Waals surface area contributed by atoms with Gasteiger partial charge >= 0.3 is 0 Å². The highest BCUT2D eigenvalue weighted by molar-refractivity contribution is 7.10. The van der Waals surface area contributed by atoms with E-state index in [4.69, 9.17) is 10.5 Å². The summed E-state index contributed by atoms with van der Waals surface area (Å²) in [5.74, 6) is 0.596. The largest absolute Gasteiger partial charge is 0.481 e. The molecule has 2 aromatic heterocycles. The van der Waals surface area contributed by atoms with Gasteiger partial charge in [-0.2, -0.15) is 0 Å². The Bertz CT molecular complexity index is 428. The minimum absolute atomic E-state index is 0.159. The summed E-state index contributed by atoms with van der Waals surface area (Å²) in [6.45, 7) is 0. The lowest BCUT2D eigenvalue weighted by Gasteiger charge is -2.12. The summed E-state index contributed by atoms with van der Waals surface area (Å²) >= 11 is 1.64. The zero-order chi connectivity index (χ0) is 10.7. The van der Waals surface area contributed by atoms with E-state index in [1.165, 1.54) is 0 Å². The maximum Gasteiger partial charge on any atom is 0.218 e. The van der Waals surface area contributed by atoms with E-state index in [2.05, 4.69) is 4.98 Å². The van der Waals surface area contributed by atoms with Gasteiger partial charge in [-0.25, -0.2) is 4.98 Å². The number of nitrogens with two attached hydrogens (primary N) is 1. The van der Waals surface area contributed by atoms with Gasteiger partial charge in [-0.1, -0.05) is 12.1 Å². The summed E-state index contributed by atoms with van der Waals surface area (Å²) in [5.41, 5.74) is 7.05. The molecule has 2 heterocycles. The molecule has 2 N–H and O–H groups in total. The zero-order valence-corrected chi connectivity index (χ0v) is 9.20. The Morgan fingerprint density at radius 1 is 1.40 bits per heavy atom. The first-order valence-corrected chi connectivity index (χ1v) is 5.49. The molecule has 0 saturated carbocycles. The summed E-state index contributed by atoms with van der Waals surface area (Å²) in [5, 5.41) is 2.01. The van der Waals surface area contributed by atoms with Crippen LogP contribution >= 0.6 is 11.3 Å². The van der Waals surface area contributed by atoms with Crippen molar-refractivity contribution in [3.63, 3.8) is 0 Å². The second-order valence-corrected chi connectivity index (χ2v) is 4.07. The Morgan fingerprint density at radius 3 is 2.93 bits per heavy atom. The van der Waals surface area contributed by atoms with Gasteiger partial charge in [-0.05, 0) is 17.5 Å². The number of methoxy groups -OCH3 is 1. The summed E-state index contributed by atoms with van der Waals surface area (Å²) in [7, 11) is 1.60. The van der Waals surface area contributed by atoms with E-state index in [1.807, 2.05) is 29.6 Å². The zero-order valence-electron chi connectivity index (χ0n) is 8.38. The standard InChI is InChI=1S/C11H12N2OS/c1-14-11-8(4-2-6-13-11)10(12)9-5-3-7-15-9/h2-7,10H,12H2,1H3. The van der Waals surface area contributed by atoms with Crippen molar-refractivity contribution in [2.75, 3.05) is 7.11 Å². The fourth-order valence-electron chi connectivity index (χ4n) is 1.43. The number of hydrogen-bond donors (Lipinski definition) is 1. The van der Waals surface area contributed by atoms with Gasteiger partial charge < -0.3 is 10.5 Å². The third-order valence-corrected chi connectivity index (χ3v) is 3.13. The Balaban J connectivity index is 2.37. The number of thiophene rings is 1. The molecule has 78 valence electrons. The van der Waals surface area contributed by atoms with Gasteiger partial charge in [-0.3, -0.25) is 0 Å². The minimum atomic E-state index is -0.159. The maximum atomic E-state index is 6.13. The molecule has 0 aliphatic heterocycles. The first kappa shape index (κ1) is 10.1. The lowest BCUT2D eigenvalue weighted by molar-refractivity contribution is 0.391. The summed E-state index contributed by atoms with van der Waals surface area (Å²) < 4.78 is 5.18. The van der Waals surface area contributed by atoms with Crippen LogP contribution in [-0.2, 0) is 0 Å². The Hall–Kier alpha value is -1.39. The summed E-state index contributed by atoms with van der Waals surface area (Å²) in [6.07, 6.45) is 1.70. The molecule has 0 amide bonds. The number of rotatable bonds is 3. The van der Waals surface area contributed by atoms with Crippen molar-refractivity contribution >= 4 is 11.3 Å². The van der Waals surface area contributed by atoms with Crippen molar-refractivity contribution in [3.05, 3.63) is 46.3 Å². The van der Waals surface area contributed by atoms with Gasteiger partial charge in [0.15, 0.2) is 0 Å². The fraction of sp³-hybridized carbons (Fsp3) is 0.182. The van der Waals surface area contributed by atoms with Crippen molar-refractivity contribution in [2.24, 2.45) is 5.73 Å². The molecule has 0 aliphatic rings. The van der Waals surface area contributed by atoms with E-state index in [9.17, 15) is 0 Å². The molecule has 1 unspecified atom stereocenters. The van der Waals surface area contributed by atoms with Gasteiger partial charge in [0, 0.05) is 16.6 Å². The summed E-state index contributed by atoms with van der Waals surface area (Å²) in [6, 6.07) is 7.65. The third-order valence-electron chi connectivity index (χ3n) is 2.18. The Labute approximate surface area is 92.5 Å². The van der Waals surface area contributed by atoms with Crippen LogP contribution in [-0.4, -0.2) is 12.1 Å². The first-order chi connectivity index (χ1) is 7.33. The quantitative estimate of drug-likeness (QED) is 0.862.